The van der Waals surface area contributed by atoms with Gasteiger partial charge in [-0.3, -0.25) is 19.2 Å². The van der Waals surface area contributed by atoms with Crippen LogP contribution in [0.15, 0.2) is 24.3 Å². The van der Waals surface area contributed by atoms with E-state index in [1.807, 2.05) is 0 Å². The van der Waals surface area contributed by atoms with Crippen molar-refractivity contribution in [3.8, 4) is 42.8 Å². The Hall–Kier alpha value is -4.05. The minimum atomic E-state index is -3.36. The molecule has 0 aliphatic heterocycles. The Labute approximate surface area is 354 Å². The number of terminal acetylenes is 3. The van der Waals surface area contributed by atoms with Crippen molar-refractivity contribution in [2.24, 2.45) is 0 Å². The standard InChI is InChI=1S/C41H61N4O12PS/c1-6-22-51-28-31-54-25-19-42-37(46)13-16-41(17-14-38(47)43-20-26-55-32-29-52-23-7-2,18-15-39(48)44-21-27-56-33-30-53-24-8-3)45-40(49)35-9-11-36(12-10-35)57-58(50,59)34(4)5/h1-3,9-12,34H,13-33H2,4-5H3,(H,42,46)(H,43,47)(H,44,48)(H,45,49)(H,50,59)/p-1. The monoisotopic (exact) mass is 863 g/mol. The largest absolute Gasteiger partial charge is 0.791 e. The second kappa shape index (κ2) is 32.8. The predicted octanol–water partition coefficient (Wildman–Crippen LogP) is 1.30. The van der Waals surface area contributed by atoms with Crippen molar-refractivity contribution in [2.75, 3.05) is 98.9 Å². The average molecular weight is 864 g/mol. The summed E-state index contributed by atoms with van der Waals surface area (Å²) in [5, 5.41) is 11.4. The first kappa shape index (κ1) is 53.0. The number of carbonyl (C=O) groups is 4. The van der Waals surface area contributed by atoms with Crippen LogP contribution in [0, 0.1) is 37.0 Å². The van der Waals surface area contributed by atoms with Gasteiger partial charge >= 0.3 is 0 Å². The summed E-state index contributed by atoms with van der Waals surface area (Å²) in [5.41, 5.74) is -1.37. The van der Waals surface area contributed by atoms with Gasteiger partial charge in [-0.1, -0.05) is 43.4 Å². The van der Waals surface area contributed by atoms with Crippen LogP contribution in [0.2, 0.25) is 0 Å². The molecule has 1 unspecified atom stereocenters. The molecule has 1 atom stereocenters. The molecule has 0 heterocycles. The van der Waals surface area contributed by atoms with Crippen molar-refractivity contribution >= 4 is 41.9 Å². The minimum Gasteiger partial charge on any atom is -0.791 e. The lowest BCUT2D eigenvalue weighted by Crippen LogP contribution is -2.50. The van der Waals surface area contributed by atoms with E-state index in [9.17, 15) is 24.1 Å². The van der Waals surface area contributed by atoms with Gasteiger partial charge in [0, 0.05) is 62.1 Å². The quantitative estimate of drug-likeness (QED) is 0.0433. The molecule has 0 aliphatic rings. The van der Waals surface area contributed by atoms with Crippen molar-refractivity contribution in [2.45, 2.75) is 63.6 Å². The Bertz CT molecular complexity index is 1450. The van der Waals surface area contributed by atoms with Gasteiger partial charge in [-0.05, 0) is 43.5 Å². The zero-order valence-electron chi connectivity index (χ0n) is 34.2. The maximum absolute atomic E-state index is 13.9. The molecule has 4 N–H and O–H groups in total. The molecule has 0 aromatic heterocycles. The molecule has 16 nitrogen and oxygen atoms in total. The topological polar surface area (TPSA) is 204 Å². The van der Waals surface area contributed by atoms with Crippen LogP contribution in [-0.2, 0) is 54.6 Å². The molecular formula is C41H60N4O12PS-. The van der Waals surface area contributed by atoms with E-state index in [4.69, 9.17) is 64.0 Å². The van der Waals surface area contributed by atoms with Crippen LogP contribution >= 0.6 is 6.49 Å². The Morgan fingerprint density at radius 2 is 1.00 bits per heavy atom. The number of hydrogen-bond acceptors (Lipinski definition) is 13. The first-order chi connectivity index (χ1) is 28.4. The van der Waals surface area contributed by atoms with E-state index in [1.54, 1.807) is 13.8 Å². The van der Waals surface area contributed by atoms with Crippen LogP contribution in [0.1, 0.15) is 62.7 Å². The lowest BCUT2D eigenvalue weighted by Gasteiger charge is -2.35. The van der Waals surface area contributed by atoms with Crippen molar-refractivity contribution in [1.82, 2.24) is 21.3 Å². The van der Waals surface area contributed by atoms with Crippen LogP contribution in [-0.4, -0.2) is 134 Å². The molecule has 0 radical (unpaired) electrons. The lowest BCUT2D eigenvalue weighted by atomic mass is 9.82. The predicted molar refractivity (Wildman–Crippen MR) is 225 cm³/mol. The Morgan fingerprint density at radius 3 is 1.34 bits per heavy atom. The summed E-state index contributed by atoms with van der Waals surface area (Å²) in [6.07, 6.45) is 15.6. The van der Waals surface area contributed by atoms with Gasteiger partial charge in [0.25, 0.3) is 5.91 Å². The van der Waals surface area contributed by atoms with Crippen LogP contribution in [0.5, 0.6) is 5.75 Å². The van der Waals surface area contributed by atoms with Gasteiger partial charge in [0.2, 0.25) is 17.7 Å². The highest BCUT2D eigenvalue weighted by atomic mass is 32.5. The second-order valence-corrected chi connectivity index (χ2v) is 17.0. The van der Waals surface area contributed by atoms with E-state index in [0.29, 0.717) is 39.6 Å². The molecule has 4 amide bonds. The summed E-state index contributed by atoms with van der Waals surface area (Å²) in [7, 11) is 0. The zero-order valence-corrected chi connectivity index (χ0v) is 35.9. The maximum Gasteiger partial charge on any atom is 0.251 e. The van der Waals surface area contributed by atoms with Gasteiger partial charge in [0.1, 0.15) is 25.6 Å². The third kappa shape index (κ3) is 26.6. The van der Waals surface area contributed by atoms with Gasteiger partial charge in [-0.2, -0.15) is 0 Å². The lowest BCUT2D eigenvalue weighted by molar-refractivity contribution is -0.177. The summed E-state index contributed by atoms with van der Waals surface area (Å²) in [4.78, 5) is 65.8. The number of amides is 4. The van der Waals surface area contributed by atoms with Crippen LogP contribution in [0.4, 0.5) is 0 Å². The highest BCUT2D eigenvalue weighted by Gasteiger charge is 2.34. The highest BCUT2D eigenvalue weighted by Crippen LogP contribution is 2.43. The van der Waals surface area contributed by atoms with Gasteiger partial charge in [-0.15, -0.1) is 19.3 Å². The number of ether oxygens (including phenoxy) is 6. The van der Waals surface area contributed by atoms with Gasteiger partial charge in [-0.25, -0.2) is 0 Å². The number of hydrogen-bond donors (Lipinski definition) is 4. The number of benzene rings is 1. The highest BCUT2D eigenvalue weighted by molar-refractivity contribution is 8.09. The fourth-order valence-corrected chi connectivity index (χ4v) is 5.84. The van der Waals surface area contributed by atoms with Crippen molar-refractivity contribution in [3.05, 3.63) is 29.8 Å². The van der Waals surface area contributed by atoms with E-state index in [0.717, 1.165) is 0 Å². The van der Waals surface area contributed by atoms with Crippen LogP contribution < -0.4 is 30.7 Å². The number of carbonyl (C=O) groups excluding carboxylic acids is 4. The van der Waals surface area contributed by atoms with E-state index in [2.05, 4.69) is 39.0 Å². The maximum atomic E-state index is 13.9. The summed E-state index contributed by atoms with van der Waals surface area (Å²) in [6, 6.07) is 5.96. The zero-order chi connectivity index (χ0) is 43.6. The normalized spacial score (nSPS) is 12.0. The molecule has 1 aromatic carbocycles. The molecule has 0 aliphatic carbocycles. The molecule has 0 spiro atoms. The second-order valence-electron chi connectivity index (χ2n) is 13.1. The third-order valence-corrected chi connectivity index (χ3v) is 11.4. The van der Waals surface area contributed by atoms with Crippen LogP contribution in [0.3, 0.4) is 0 Å². The molecular weight excluding hydrogens is 804 g/mol. The SMILES string of the molecule is C#CCOCCOCCNC(=O)CCC(CCC(=O)NCCOCCOCC#C)(CCC(=O)NCCOCCOCC#C)NC(=O)c1ccc(OP([O-])(=S)C(C)C)cc1. The Morgan fingerprint density at radius 1 is 0.644 bits per heavy atom. The van der Waals surface area contributed by atoms with Crippen molar-refractivity contribution in [1.29, 1.82) is 0 Å². The van der Waals surface area contributed by atoms with E-state index < -0.39 is 23.6 Å². The fraction of sp³-hybridized carbons (Fsp3) is 0.610. The molecule has 0 saturated heterocycles. The Kier molecular flexibility index (Phi) is 29.4. The smallest absolute Gasteiger partial charge is 0.251 e. The molecule has 0 bridgehead atoms. The van der Waals surface area contributed by atoms with E-state index in [1.165, 1.54) is 24.3 Å². The van der Waals surface area contributed by atoms with Gasteiger partial charge in [0.05, 0.1) is 59.5 Å². The average Bonchev–Trinajstić information content (AvgIpc) is 3.21. The first-order valence-electron chi connectivity index (χ1n) is 19.4. The molecule has 59 heavy (non-hydrogen) atoms. The molecule has 0 fully saturated rings. The summed E-state index contributed by atoms with van der Waals surface area (Å²) >= 11 is 5.13. The van der Waals surface area contributed by atoms with Gasteiger partial charge in [0.15, 0.2) is 0 Å². The Balaban J connectivity index is 3.14. The molecule has 18 heteroatoms. The first-order valence-corrected chi connectivity index (χ1v) is 22.1. The third-order valence-electron chi connectivity index (χ3n) is 8.23. The molecule has 1 rings (SSSR count). The molecule has 1 aromatic rings. The van der Waals surface area contributed by atoms with E-state index >= 15 is 0 Å². The number of rotatable bonds is 35. The van der Waals surface area contributed by atoms with Gasteiger partial charge < -0.3 is 59.1 Å². The summed E-state index contributed by atoms with van der Waals surface area (Å²) in [5.74, 6) is 5.84. The molecule has 328 valence electrons. The van der Waals surface area contributed by atoms with Crippen LogP contribution in [0.25, 0.3) is 0 Å². The van der Waals surface area contributed by atoms with E-state index in [-0.39, 0.29) is 127 Å². The summed E-state index contributed by atoms with van der Waals surface area (Å²) in [6.45, 7) is 3.75. The molecule has 0 saturated carbocycles. The van der Waals surface area contributed by atoms with Crippen molar-refractivity contribution < 1.29 is 57.0 Å². The minimum absolute atomic E-state index is 0.0456. The fourth-order valence-electron chi connectivity index (χ4n) is 4.96. The van der Waals surface area contributed by atoms with Crippen molar-refractivity contribution in [3.63, 3.8) is 0 Å². The number of nitrogens with one attached hydrogen (secondary N) is 4. The summed E-state index contributed by atoms with van der Waals surface area (Å²) < 4.78 is 37.4.